The molecule has 0 aliphatic carbocycles. The molecule has 1 aromatic heterocycles. The molecule has 0 unspecified atom stereocenters. The molecule has 0 radical (unpaired) electrons. The van der Waals surface area contributed by atoms with E-state index < -0.39 is 0 Å². The smallest absolute Gasteiger partial charge is 0.230 e. The molecule has 1 heterocycles. The van der Waals surface area contributed by atoms with Crippen molar-refractivity contribution >= 4 is 17.7 Å². The van der Waals surface area contributed by atoms with E-state index in [9.17, 15) is 4.79 Å². The first-order valence-electron chi connectivity index (χ1n) is 5.86. The number of hydrogen-bond acceptors (Lipinski definition) is 4. The first-order valence-corrected chi connectivity index (χ1v) is 6.84. The van der Waals surface area contributed by atoms with Gasteiger partial charge in [-0.15, -0.1) is 10.2 Å². The molecule has 0 saturated carbocycles. The summed E-state index contributed by atoms with van der Waals surface area (Å²) in [6.07, 6.45) is 2.64. The summed E-state index contributed by atoms with van der Waals surface area (Å²) < 4.78 is 1.96. The van der Waals surface area contributed by atoms with Crippen molar-refractivity contribution in [1.82, 2.24) is 20.1 Å². The van der Waals surface area contributed by atoms with Crippen LogP contribution in [0.2, 0.25) is 0 Å². The lowest BCUT2D eigenvalue weighted by Gasteiger charge is -2.12. The maximum Gasteiger partial charge on any atom is 0.230 e. The van der Waals surface area contributed by atoms with Crippen LogP contribution in [0.3, 0.4) is 0 Å². The Hall–Kier alpha value is -1.04. The molecule has 0 saturated heterocycles. The number of rotatable bonds is 6. The van der Waals surface area contributed by atoms with Gasteiger partial charge in [0, 0.05) is 12.1 Å². The van der Waals surface area contributed by atoms with Gasteiger partial charge in [-0.1, -0.05) is 18.7 Å². The van der Waals surface area contributed by atoms with Crippen LogP contribution in [0.1, 0.15) is 40.2 Å². The highest BCUT2D eigenvalue weighted by Crippen LogP contribution is 2.18. The second-order valence-electron chi connectivity index (χ2n) is 4.28. The third-order valence-electron chi connectivity index (χ3n) is 2.45. The van der Waals surface area contributed by atoms with Crippen LogP contribution in [0.15, 0.2) is 11.5 Å². The number of thioether (sulfide) groups is 1. The molecule has 0 aliphatic heterocycles. The van der Waals surface area contributed by atoms with Crippen molar-refractivity contribution in [2.45, 2.75) is 51.4 Å². The van der Waals surface area contributed by atoms with Gasteiger partial charge in [0.05, 0.1) is 5.75 Å². The van der Waals surface area contributed by atoms with E-state index in [0.717, 1.165) is 11.6 Å². The van der Waals surface area contributed by atoms with Crippen molar-refractivity contribution in [3.8, 4) is 0 Å². The monoisotopic (exact) mass is 256 g/mol. The number of aromatic nitrogens is 3. The molecule has 1 amide bonds. The van der Waals surface area contributed by atoms with Gasteiger partial charge in [-0.05, 0) is 27.2 Å². The molecule has 1 rings (SSSR count). The van der Waals surface area contributed by atoms with E-state index in [1.807, 2.05) is 18.4 Å². The summed E-state index contributed by atoms with van der Waals surface area (Å²) in [5.41, 5.74) is 0. The van der Waals surface area contributed by atoms with Crippen LogP contribution in [-0.4, -0.2) is 32.5 Å². The summed E-state index contributed by atoms with van der Waals surface area (Å²) in [6, 6.07) is 0.538. The standard InChI is InChI=1S/C11H20N4OS/c1-5-9(4)13-10(16)6-17-11-14-12-7-15(11)8(2)3/h7-9H,5-6H2,1-4H3,(H,13,16)/t9-/m1/s1. The minimum absolute atomic E-state index is 0.0441. The molecule has 17 heavy (non-hydrogen) atoms. The zero-order valence-electron chi connectivity index (χ0n) is 10.8. The summed E-state index contributed by atoms with van der Waals surface area (Å²) in [4.78, 5) is 11.6. The SMILES string of the molecule is CC[C@@H](C)NC(=O)CSc1nncn1C(C)C. The van der Waals surface area contributed by atoms with E-state index >= 15 is 0 Å². The van der Waals surface area contributed by atoms with Crippen LogP contribution >= 0.6 is 11.8 Å². The highest BCUT2D eigenvalue weighted by atomic mass is 32.2. The van der Waals surface area contributed by atoms with Crippen molar-refractivity contribution in [2.75, 3.05) is 5.75 Å². The van der Waals surface area contributed by atoms with Crippen molar-refractivity contribution in [3.63, 3.8) is 0 Å². The van der Waals surface area contributed by atoms with E-state index in [1.54, 1.807) is 6.33 Å². The predicted molar refractivity (Wildman–Crippen MR) is 69.0 cm³/mol. The minimum Gasteiger partial charge on any atom is -0.353 e. The lowest BCUT2D eigenvalue weighted by atomic mass is 10.3. The average molecular weight is 256 g/mol. The second kappa shape index (κ2) is 6.64. The average Bonchev–Trinajstić information content (AvgIpc) is 2.74. The van der Waals surface area contributed by atoms with E-state index in [0.29, 0.717) is 11.8 Å². The summed E-state index contributed by atoms with van der Waals surface area (Å²) >= 11 is 1.42. The summed E-state index contributed by atoms with van der Waals surface area (Å²) in [5.74, 6) is 0.429. The molecule has 0 fully saturated rings. The van der Waals surface area contributed by atoms with Gasteiger partial charge in [0.25, 0.3) is 0 Å². The van der Waals surface area contributed by atoms with Gasteiger partial charge in [0.15, 0.2) is 5.16 Å². The van der Waals surface area contributed by atoms with Crippen molar-refractivity contribution < 1.29 is 4.79 Å². The fourth-order valence-electron chi connectivity index (χ4n) is 1.24. The molecular formula is C11H20N4OS. The fraction of sp³-hybridized carbons (Fsp3) is 0.727. The minimum atomic E-state index is 0.0441. The summed E-state index contributed by atoms with van der Waals surface area (Å²) in [5, 5.41) is 11.6. The van der Waals surface area contributed by atoms with Crippen LogP contribution in [0, 0.1) is 0 Å². The maximum atomic E-state index is 11.6. The highest BCUT2D eigenvalue weighted by Gasteiger charge is 2.11. The van der Waals surface area contributed by atoms with Crippen LogP contribution in [0.4, 0.5) is 0 Å². The Kier molecular flexibility index (Phi) is 5.47. The van der Waals surface area contributed by atoms with Gasteiger partial charge in [0.2, 0.25) is 5.91 Å². The molecule has 1 aromatic rings. The first-order chi connectivity index (χ1) is 8.04. The number of hydrogen-bond donors (Lipinski definition) is 1. The topological polar surface area (TPSA) is 59.8 Å². The highest BCUT2D eigenvalue weighted by molar-refractivity contribution is 7.99. The van der Waals surface area contributed by atoms with Crippen LogP contribution in [0.5, 0.6) is 0 Å². The predicted octanol–water partition coefficient (Wildman–Crippen LogP) is 1.87. The zero-order chi connectivity index (χ0) is 12.8. The van der Waals surface area contributed by atoms with Crippen molar-refractivity contribution in [2.24, 2.45) is 0 Å². The number of carbonyl (C=O) groups excluding carboxylic acids is 1. The number of carbonyl (C=O) groups is 1. The van der Waals surface area contributed by atoms with E-state index in [-0.39, 0.29) is 11.9 Å². The quantitative estimate of drug-likeness (QED) is 0.789. The first kappa shape index (κ1) is 14.0. The Morgan fingerprint density at radius 1 is 1.53 bits per heavy atom. The Morgan fingerprint density at radius 3 is 2.82 bits per heavy atom. The molecule has 0 spiro atoms. The van der Waals surface area contributed by atoms with E-state index in [2.05, 4.69) is 29.4 Å². The van der Waals surface area contributed by atoms with E-state index in [1.165, 1.54) is 11.8 Å². The molecule has 96 valence electrons. The summed E-state index contributed by atoms with van der Waals surface area (Å²) in [7, 11) is 0. The number of amides is 1. The number of nitrogens with one attached hydrogen (secondary N) is 1. The van der Waals surface area contributed by atoms with Crippen LogP contribution < -0.4 is 5.32 Å². The molecule has 0 aliphatic rings. The van der Waals surface area contributed by atoms with Gasteiger partial charge >= 0.3 is 0 Å². The van der Waals surface area contributed by atoms with Gasteiger partial charge in [0.1, 0.15) is 6.33 Å². The maximum absolute atomic E-state index is 11.6. The molecule has 0 bridgehead atoms. The van der Waals surface area contributed by atoms with Gasteiger partial charge in [-0.3, -0.25) is 4.79 Å². The van der Waals surface area contributed by atoms with Gasteiger partial charge < -0.3 is 9.88 Å². The van der Waals surface area contributed by atoms with Crippen molar-refractivity contribution in [1.29, 1.82) is 0 Å². The normalized spacial score (nSPS) is 12.8. The zero-order valence-corrected chi connectivity index (χ0v) is 11.6. The molecule has 5 nitrogen and oxygen atoms in total. The van der Waals surface area contributed by atoms with Crippen molar-refractivity contribution in [3.05, 3.63) is 6.33 Å². The fourth-order valence-corrected chi connectivity index (χ4v) is 2.09. The van der Waals surface area contributed by atoms with Gasteiger partial charge in [-0.2, -0.15) is 0 Å². The number of nitrogens with zero attached hydrogens (tertiary/aromatic N) is 3. The second-order valence-corrected chi connectivity index (χ2v) is 5.22. The summed E-state index contributed by atoms with van der Waals surface area (Å²) in [6.45, 7) is 8.17. The Balaban J connectivity index is 2.45. The molecule has 0 aromatic carbocycles. The molecule has 6 heteroatoms. The van der Waals surface area contributed by atoms with Crippen LogP contribution in [0.25, 0.3) is 0 Å². The molecule has 1 atom stereocenters. The lowest BCUT2D eigenvalue weighted by molar-refractivity contribution is -0.119. The molecular weight excluding hydrogens is 236 g/mol. The Labute approximate surface area is 106 Å². The molecule has 1 N–H and O–H groups in total. The Morgan fingerprint density at radius 2 is 2.24 bits per heavy atom. The third-order valence-corrected chi connectivity index (χ3v) is 3.41. The van der Waals surface area contributed by atoms with Gasteiger partial charge in [-0.25, -0.2) is 0 Å². The third kappa shape index (κ3) is 4.38. The Bertz CT molecular complexity index is 364. The van der Waals surface area contributed by atoms with Crippen LogP contribution in [-0.2, 0) is 4.79 Å². The van der Waals surface area contributed by atoms with E-state index in [4.69, 9.17) is 0 Å². The lowest BCUT2D eigenvalue weighted by Crippen LogP contribution is -2.33. The largest absolute Gasteiger partial charge is 0.353 e.